The van der Waals surface area contributed by atoms with Gasteiger partial charge in [-0.2, -0.15) is 0 Å². The van der Waals surface area contributed by atoms with E-state index in [1.807, 2.05) is 6.07 Å². The summed E-state index contributed by atoms with van der Waals surface area (Å²) in [5.74, 6) is 0. The smallest absolute Gasteiger partial charge is 0.250 e. The number of aromatic nitrogens is 1. The third kappa shape index (κ3) is 2.70. The van der Waals surface area contributed by atoms with Gasteiger partial charge in [0.2, 0.25) is 0 Å². The Bertz CT molecular complexity index is 343. The van der Waals surface area contributed by atoms with Crippen molar-refractivity contribution in [1.82, 2.24) is 4.98 Å². The van der Waals surface area contributed by atoms with Crippen molar-refractivity contribution in [1.29, 1.82) is 0 Å². The van der Waals surface area contributed by atoms with Gasteiger partial charge < -0.3 is 10.7 Å². The minimum Gasteiger partial charge on any atom is -0.329 e. The molecule has 1 aromatic rings. The van der Waals surface area contributed by atoms with Crippen LogP contribution in [0.4, 0.5) is 0 Å². The van der Waals surface area contributed by atoms with E-state index in [2.05, 4.69) is 11.9 Å². The molecule has 1 unspecified atom stereocenters. The number of nitrogens with one attached hydrogen (secondary N) is 1. The van der Waals surface area contributed by atoms with E-state index in [1.165, 1.54) is 0 Å². The molecule has 0 aliphatic rings. The Hall–Kier alpha value is -1.09. The van der Waals surface area contributed by atoms with Crippen LogP contribution in [-0.4, -0.2) is 4.98 Å². The van der Waals surface area contributed by atoms with Crippen LogP contribution in [0.5, 0.6) is 0 Å². The molecular formula is C11H18N2O. The zero-order valence-corrected chi connectivity index (χ0v) is 8.84. The fourth-order valence-electron chi connectivity index (χ4n) is 1.42. The third-order valence-electron chi connectivity index (χ3n) is 2.41. The molecule has 14 heavy (non-hydrogen) atoms. The molecule has 0 aliphatic heterocycles. The summed E-state index contributed by atoms with van der Waals surface area (Å²) in [5.41, 5.74) is 7.70. The number of aromatic amines is 1. The molecule has 1 heterocycles. The molecule has 78 valence electrons. The van der Waals surface area contributed by atoms with Crippen molar-refractivity contribution in [2.24, 2.45) is 5.73 Å². The highest BCUT2D eigenvalue weighted by Gasteiger charge is 2.06. The Morgan fingerprint density at radius 1 is 1.57 bits per heavy atom. The Labute approximate surface area is 84.3 Å². The van der Waals surface area contributed by atoms with Gasteiger partial charge in [0.15, 0.2) is 0 Å². The second kappa shape index (κ2) is 4.96. The van der Waals surface area contributed by atoms with Crippen molar-refractivity contribution in [3.05, 3.63) is 33.7 Å². The zero-order chi connectivity index (χ0) is 10.6. The van der Waals surface area contributed by atoms with Crippen LogP contribution in [0, 0.1) is 6.92 Å². The molecule has 0 fully saturated rings. The summed E-state index contributed by atoms with van der Waals surface area (Å²) in [7, 11) is 0. The maximum atomic E-state index is 11.1. The largest absolute Gasteiger partial charge is 0.329 e. The maximum absolute atomic E-state index is 11.1. The predicted molar refractivity (Wildman–Crippen MR) is 58.3 cm³/mol. The van der Waals surface area contributed by atoms with E-state index < -0.39 is 0 Å². The van der Waals surface area contributed by atoms with Crippen LogP contribution < -0.4 is 11.3 Å². The number of unbranched alkanes of at least 4 members (excludes halogenated alkanes) is 1. The summed E-state index contributed by atoms with van der Waals surface area (Å²) in [6.07, 6.45) is 4.97. The van der Waals surface area contributed by atoms with Crippen LogP contribution in [0.25, 0.3) is 0 Å². The van der Waals surface area contributed by atoms with Crippen LogP contribution in [0.3, 0.4) is 0 Å². The number of H-pyrrole nitrogens is 1. The Morgan fingerprint density at radius 2 is 2.29 bits per heavy atom. The van der Waals surface area contributed by atoms with Gasteiger partial charge >= 0.3 is 0 Å². The highest BCUT2D eigenvalue weighted by molar-refractivity contribution is 5.19. The minimum atomic E-state index is -0.0311. The van der Waals surface area contributed by atoms with E-state index in [-0.39, 0.29) is 11.6 Å². The molecule has 0 amide bonds. The van der Waals surface area contributed by atoms with Gasteiger partial charge in [-0.25, -0.2) is 0 Å². The zero-order valence-electron chi connectivity index (χ0n) is 8.84. The van der Waals surface area contributed by atoms with Crippen molar-refractivity contribution in [3.63, 3.8) is 0 Å². The molecule has 0 aromatic carbocycles. The molecule has 0 bridgehead atoms. The molecule has 0 spiro atoms. The van der Waals surface area contributed by atoms with Crippen LogP contribution in [0.15, 0.2) is 17.1 Å². The highest BCUT2D eigenvalue weighted by atomic mass is 16.1. The number of nitrogens with two attached hydrogens (primary N) is 1. The van der Waals surface area contributed by atoms with E-state index in [4.69, 9.17) is 5.73 Å². The lowest BCUT2D eigenvalue weighted by molar-refractivity contribution is 0.601. The van der Waals surface area contributed by atoms with E-state index >= 15 is 0 Å². The Kier molecular flexibility index (Phi) is 3.89. The van der Waals surface area contributed by atoms with Gasteiger partial charge in [-0.15, -0.1) is 0 Å². The number of aryl methyl sites for hydroxylation is 1. The van der Waals surface area contributed by atoms with Gasteiger partial charge in [-0.1, -0.05) is 19.8 Å². The fourth-order valence-corrected chi connectivity index (χ4v) is 1.42. The molecule has 0 aliphatic carbocycles. The number of hydrogen-bond donors (Lipinski definition) is 2. The first-order chi connectivity index (χ1) is 6.65. The van der Waals surface area contributed by atoms with E-state index in [9.17, 15) is 4.79 Å². The van der Waals surface area contributed by atoms with Crippen LogP contribution in [0.2, 0.25) is 0 Å². The molecule has 3 nitrogen and oxygen atoms in total. The molecule has 0 radical (unpaired) electrons. The second-order valence-electron chi connectivity index (χ2n) is 3.69. The lowest BCUT2D eigenvalue weighted by Crippen LogP contribution is -2.15. The molecule has 1 aromatic heterocycles. The normalized spacial score (nSPS) is 12.8. The summed E-state index contributed by atoms with van der Waals surface area (Å²) >= 11 is 0. The molecule has 0 saturated heterocycles. The summed E-state index contributed by atoms with van der Waals surface area (Å²) in [6, 6.07) is 1.92. The van der Waals surface area contributed by atoms with Gasteiger partial charge in [-0.3, -0.25) is 4.79 Å². The van der Waals surface area contributed by atoms with Crippen molar-refractivity contribution in [2.75, 3.05) is 0 Å². The monoisotopic (exact) mass is 194 g/mol. The summed E-state index contributed by atoms with van der Waals surface area (Å²) < 4.78 is 0. The Balaban J connectivity index is 2.75. The predicted octanol–water partition coefficient (Wildman–Crippen LogP) is 1.87. The standard InChI is InChI=1S/C11H18N2O/c1-3-4-5-10(12)9-6-8(2)11(14)13-7-9/h6-7,10H,3-5,12H2,1-2H3,(H,13,14). The van der Waals surface area contributed by atoms with Crippen molar-refractivity contribution < 1.29 is 0 Å². The lowest BCUT2D eigenvalue weighted by Gasteiger charge is -2.11. The first-order valence-corrected chi connectivity index (χ1v) is 5.10. The topological polar surface area (TPSA) is 58.9 Å². The second-order valence-corrected chi connectivity index (χ2v) is 3.69. The van der Waals surface area contributed by atoms with Crippen LogP contribution in [-0.2, 0) is 0 Å². The van der Waals surface area contributed by atoms with Crippen molar-refractivity contribution >= 4 is 0 Å². The molecule has 0 saturated carbocycles. The van der Waals surface area contributed by atoms with E-state index in [0.29, 0.717) is 0 Å². The van der Waals surface area contributed by atoms with Crippen molar-refractivity contribution in [2.45, 2.75) is 39.2 Å². The summed E-state index contributed by atoms with van der Waals surface area (Å²) in [5, 5.41) is 0. The van der Waals surface area contributed by atoms with Crippen molar-refractivity contribution in [3.8, 4) is 0 Å². The van der Waals surface area contributed by atoms with Gasteiger partial charge in [0.05, 0.1) is 0 Å². The molecule has 1 atom stereocenters. The lowest BCUT2D eigenvalue weighted by atomic mass is 10.0. The van der Waals surface area contributed by atoms with Gasteiger partial charge in [0.1, 0.15) is 0 Å². The molecular weight excluding hydrogens is 176 g/mol. The Morgan fingerprint density at radius 3 is 2.86 bits per heavy atom. The molecule has 3 heteroatoms. The molecule has 1 rings (SSSR count). The van der Waals surface area contributed by atoms with Crippen LogP contribution in [0.1, 0.15) is 43.4 Å². The SMILES string of the molecule is CCCCC(N)c1c[nH]c(=O)c(C)c1. The average Bonchev–Trinajstić information content (AvgIpc) is 2.18. The highest BCUT2D eigenvalue weighted by Crippen LogP contribution is 2.15. The summed E-state index contributed by atoms with van der Waals surface area (Å²) in [6.45, 7) is 3.94. The third-order valence-corrected chi connectivity index (χ3v) is 2.41. The number of hydrogen-bond acceptors (Lipinski definition) is 2. The first kappa shape index (κ1) is 11.0. The minimum absolute atomic E-state index is 0.0311. The van der Waals surface area contributed by atoms with E-state index in [0.717, 1.165) is 30.4 Å². The van der Waals surface area contributed by atoms with Crippen LogP contribution >= 0.6 is 0 Å². The van der Waals surface area contributed by atoms with E-state index in [1.54, 1.807) is 13.1 Å². The first-order valence-electron chi connectivity index (χ1n) is 5.10. The fraction of sp³-hybridized carbons (Fsp3) is 0.545. The quantitative estimate of drug-likeness (QED) is 0.768. The summed E-state index contributed by atoms with van der Waals surface area (Å²) in [4.78, 5) is 13.8. The van der Waals surface area contributed by atoms with Gasteiger partial charge in [0.25, 0.3) is 5.56 Å². The van der Waals surface area contributed by atoms with Gasteiger partial charge in [0, 0.05) is 17.8 Å². The number of pyridine rings is 1. The number of rotatable bonds is 4. The molecule has 3 N–H and O–H groups in total. The maximum Gasteiger partial charge on any atom is 0.250 e. The van der Waals surface area contributed by atoms with Gasteiger partial charge in [-0.05, 0) is 25.0 Å². The average molecular weight is 194 g/mol.